The Hall–Kier alpha value is -3.01. The van der Waals surface area contributed by atoms with E-state index in [1.165, 1.54) is 29.8 Å². The van der Waals surface area contributed by atoms with Gasteiger partial charge in [-0.3, -0.25) is 14.4 Å². The Morgan fingerprint density at radius 1 is 1.11 bits per heavy atom. The van der Waals surface area contributed by atoms with Crippen molar-refractivity contribution in [1.29, 1.82) is 0 Å². The fourth-order valence-electron chi connectivity index (χ4n) is 4.09. The number of thioether (sulfide) groups is 1. The number of carbonyl (C=O) groups excluding carboxylic acids is 3. The first-order valence-corrected chi connectivity index (χ1v) is 13.9. The molecule has 0 bridgehead atoms. The van der Waals surface area contributed by atoms with E-state index in [0.29, 0.717) is 47.1 Å². The van der Waals surface area contributed by atoms with Crippen LogP contribution in [0, 0.1) is 5.92 Å². The molecule has 2 aromatic carbocycles. The Morgan fingerprint density at radius 2 is 1.76 bits per heavy atom. The second-order valence-corrected chi connectivity index (χ2v) is 10.5. The summed E-state index contributed by atoms with van der Waals surface area (Å²) < 4.78 is 0. The van der Waals surface area contributed by atoms with E-state index < -0.39 is 23.8 Å². The van der Waals surface area contributed by atoms with Crippen molar-refractivity contribution in [2.45, 2.75) is 23.8 Å². The maximum Gasteiger partial charge on any atom is 0.328 e. The minimum atomic E-state index is -1.25. The Kier molecular flexibility index (Phi) is 10.6. The summed E-state index contributed by atoms with van der Waals surface area (Å²) in [6.07, 6.45) is 5.73. The number of likely N-dealkylation sites (tertiary alicyclic amines) is 1. The first-order valence-electron chi connectivity index (χ1n) is 11.9. The van der Waals surface area contributed by atoms with Crippen molar-refractivity contribution in [3.63, 3.8) is 0 Å². The zero-order valence-corrected chi connectivity index (χ0v) is 23.4. The number of halogens is 2. The van der Waals surface area contributed by atoms with Crippen LogP contribution < -0.4 is 5.32 Å². The van der Waals surface area contributed by atoms with Crippen LogP contribution in [0.2, 0.25) is 10.0 Å². The molecule has 0 aliphatic carbocycles. The fourth-order valence-corrected chi connectivity index (χ4v) is 5.27. The van der Waals surface area contributed by atoms with Gasteiger partial charge in [-0.15, -0.1) is 11.8 Å². The van der Waals surface area contributed by atoms with Crippen LogP contribution in [0.1, 0.15) is 28.8 Å². The lowest BCUT2D eigenvalue weighted by atomic mass is 9.95. The van der Waals surface area contributed by atoms with Crippen molar-refractivity contribution in [3.05, 3.63) is 69.7 Å². The first kappa shape index (κ1) is 29.5. The van der Waals surface area contributed by atoms with Crippen molar-refractivity contribution in [2.75, 3.05) is 32.9 Å². The Morgan fingerprint density at radius 3 is 2.37 bits per heavy atom. The van der Waals surface area contributed by atoms with Gasteiger partial charge in [0.05, 0.1) is 16.6 Å². The van der Waals surface area contributed by atoms with Gasteiger partial charge in [-0.1, -0.05) is 47.5 Å². The van der Waals surface area contributed by atoms with E-state index in [-0.39, 0.29) is 18.4 Å². The molecule has 38 heavy (non-hydrogen) atoms. The summed E-state index contributed by atoms with van der Waals surface area (Å²) in [5, 5.41) is 13.0. The van der Waals surface area contributed by atoms with Crippen LogP contribution in [0.5, 0.6) is 0 Å². The minimum Gasteiger partial charge on any atom is -0.480 e. The Balaban J connectivity index is 1.53. The topological polar surface area (TPSA) is 107 Å². The number of nitrogens with one attached hydrogen (secondary N) is 1. The third-order valence-corrected chi connectivity index (χ3v) is 8.11. The van der Waals surface area contributed by atoms with Crippen LogP contribution >= 0.6 is 35.0 Å². The van der Waals surface area contributed by atoms with Gasteiger partial charge < -0.3 is 20.2 Å². The number of aliphatic carboxylic acids is 1. The summed E-state index contributed by atoms with van der Waals surface area (Å²) in [6, 6.07) is 10.9. The Bertz CT molecular complexity index is 1220. The SMILES string of the molecule is CSc1ccc(/C=C/C(=O)N2CCC(C(=O)NC(CN(C)C(=O)c3ccccc3)C(=O)O)CC2)c(Cl)c1Cl. The molecule has 1 aliphatic rings. The number of rotatable bonds is 9. The van der Waals surface area contributed by atoms with Gasteiger partial charge in [0.1, 0.15) is 6.04 Å². The van der Waals surface area contributed by atoms with E-state index in [1.807, 2.05) is 12.3 Å². The van der Waals surface area contributed by atoms with E-state index in [9.17, 15) is 24.3 Å². The van der Waals surface area contributed by atoms with Crippen molar-refractivity contribution >= 4 is 64.7 Å². The van der Waals surface area contributed by atoms with E-state index in [2.05, 4.69) is 5.32 Å². The van der Waals surface area contributed by atoms with E-state index in [1.54, 1.807) is 47.4 Å². The average Bonchev–Trinajstić information content (AvgIpc) is 2.93. The van der Waals surface area contributed by atoms with Crippen LogP contribution in [-0.2, 0) is 14.4 Å². The van der Waals surface area contributed by atoms with Crippen molar-refractivity contribution in [2.24, 2.45) is 5.92 Å². The summed E-state index contributed by atoms with van der Waals surface area (Å²) in [6.45, 7) is 0.526. The van der Waals surface area contributed by atoms with Gasteiger partial charge in [0.15, 0.2) is 0 Å². The molecule has 3 amide bonds. The molecular formula is C27H29Cl2N3O5S. The molecule has 1 saturated heterocycles. The largest absolute Gasteiger partial charge is 0.480 e. The summed E-state index contributed by atoms with van der Waals surface area (Å²) in [5.74, 6) is -2.62. The number of hydrogen-bond acceptors (Lipinski definition) is 5. The molecular weight excluding hydrogens is 549 g/mol. The maximum atomic E-state index is 12.8. The van der Waals surface area contributed by atoms with Crippen LogP contribution in [0.15, 0.2) is 53.4 Å². The molecule has 1 heterocycles. The highest BCUT2D eigenvalue weighted by atomic mass is 35.5. The number of nitrogens with zero attached hydrogens (tertiary/aromatic N) is 2. The normalized spacial score (nSPS) is 14.8. The van der Waals surface area contributed by atoms with Gasteiger partial charge in [-0.2, -0.15) is 0 Å². The standard InChI is InChI=1S/C27H29Cl2N3O5S/c1-31(26(35)19-6-4-3-5-7-19)16-20(27(36)37)30-25(34)18-12-14-32(15-13-18)22(33)11-9-17-8-10-21(38-2)24(29)23(17)28/h3-11,18,20H,12-16H2,1-2H3,(H,30,34)(H,36,37)/b11-9+. The van der Waals surface area contributed by atoms with Gasteiger partial charge in [0.2, 0.25) is 11.8 Å². The van der Waals surface area contributed by atoms with Gasteiger partial charge in [0, 0.05) is 42.6 Å². The number of carboxylic acid groups (broad SMARTS) is 1. The number of amides is 3. The number of carboxylic acids is 1. The zero-order valence-electron chi connectivity index (χ0n) is 21.0. The molecule has 0 spiro atoms. The molecule has 1 atom stereocenters. The second kappa shape index (κ2) is 13.7. The molecule has 1 unspecified atom stereocenters. The first-order chi connectivity index (χ1) is 18.1. The van der Waals surface area contributed by atoms with Crippen molar-refractivity contribution in [3.8, 4) is 0 Å². The smallest absolute Gasteiger partial charge is 0.328 e. The molecule has 0 aromatic heterocycles. The number of piperidine rings is 1. The predicted molar refractivity (Wildman–Crippen MR) is 150 cm³/mol. The highest BCUT2D eigenvalue weighted by Crippen LogP contribution is 2.35. The molecule has 2 aromatic rings. The van der Waals surface area contributed by atoms with Gasteiger partial charge in [-0.25, -0.2) is 4.79 Å². The fraction of sp³-hybridized carbons (Fsp3) is 0.333. The number of carbonyl (C=O) groups is 4. The summed E-state index contributed by atoms with van der Waals surface area (Å²) in [7, 11) is 1.49. The minimum absolute atomic E-state index is 0.179. The van der Waals surface area contributed by atoms with Crippen LogP contribution in [0.3, 0.4) is 0 Å². The molecule has 3 rings (SSSR count). The summed E-state index contributed by atoms with van der Waals surface area (Å²) >= 11 is 14.1. The van der Waals surface area contributed by atoms with Gasteiger partial charge in [0.25, 0.3) is 5.91 Å². The molecule has 2 N–H and O–H groups in total. The third kappa shape index (κ3) is 7.52. The van der Waals surface area contributed by atoms with Crippen LogP contribution in [-0.4, -0.2) is 77.6 Å². The quantitative estimate of drug-likeness (QED) is 0.340. The van der Waals surface area contributed by atoms with Gasteiger partial charge >= 0.3 is 5.97 Å². The molecule has 11 heteroatoms. The van der Waals surface area contributed by atoms with E-state index in [4.69, 9.17) is 23.2 Å². The lowest BCUT2D eigenvalue weighted by Crippen LogP contribution is -2.51. The maximum absolute atomic E-state index is 12.8. The van der Waals surface area contributed by atoms with E-state index in [0.717, 1.165) is 4.90 Å². The average molecular weight is 579 g/mol. The van der Waals surface area contributed by atoms with Crippen LogP contribution in [0.25, 0.3) is 6.08 Å². The second-order valence-electron chi connectivity index (χ2n) is 8.87. The van der Waals surface area contributed by atoms with Crippen LogP contribution in [0.4, 0.5) is 0 Å². The number of benzene rings is 2. The Labute approximate surface area is 236 Å². The highest BCUT2D eigenvalue weighted by molar-refractivity contribution is 7.98. The summed E-state index contributed by atoms with van der Waals surface area (Å²) in [5.41, 5.74) is 1.06. The van der Waals surface area contributed by atoms with Crippen molar-refractivity contribution < 1.29 is 24.3 Å². The lowest BCUT2D eigenvalue weighted by molar-refractivity contribution is -0.143. The monoisotopic (exact) mass is 577 g/mol. The zero-order chi connectivity index (χ0) is 27.8. The van der Waals surface area contributed by atoms with Gasteiger partial charge in [-0.05, 0) is 48.9 Å². The molecule has 0 radical (unpaired) electrons. The highest BCUT2D eigenvalue weighted by Gasteiger charge is 2.31. The molecule has 8 nitrogen and oxygen atoms in total. The molecule has 202 valence electrons. The molecule has 0 saturated carbocycles. The van der Waals surface area contributed by atoms with Crippen molar-refractivity contribution in [1.82, 2.24) is 15.1 Å². The third-order valence-electron chi connectivity index (χ3n) is 6.32. The molecule has 1 fully saturated rings. The predicted octanol–water partition coefficient (Wildman–Crippen LogP) is 4.31. The number of hydrogen-bond donors (Lipinski definition) is 2. The molecule has 1 aliphatic heterocycles. The summed E-state index contributed by atoms with van der Waals surface area (Å²) in [4.78, 5) is 53.6. The van der Waals surface area contributed by atoms with E-state index >= 15 is 0 Å². The lowest BCUT2D eigenvalue weighted by Gasteiger charge is -2.31. The number of likely N-dealkylation sites (N-methyl/N-ethyl adjacent to an activating group) is 1.